The molecule has 0 fully saturated rings. The molecule has 0 spiro atoms. The fraction of sp³-hybridized carbons (Fsp3) is 0.188. The number of rotatable bonds is 5. The zero-order valence-electron chi connectivity index (χ0n) is 11.6. The average molecular weight is 284 g/mol. The number of nitrogens with zero attached hydrogens (tertiary/aromatic N) is 1. The number of benzene rings is 1. The van der Waals surface area contributed by atoms with Gasteiger partial charge in [-0.3, -0.25) is 9.78 Å². The molecule has 2 aromatic rings. The van der Waals surface area contributed by atoms with Gasteiger partial charge in [-0.25, -0.2) is 4.79 Å². The van der Waals surface area contributed by atoms with Crippen molar-refractivity contribution in [3.8, 4) is 0 Å². The first-order chi connectivity index (χ1) is 10.1. The molecule has 1 aromatic carbocycles. The minimum atomic E-state index is -1.07. The number of amides is 1. The fourth-order valence-corrected chi connectivity index (χ4v) is 1.99. The first-order valence-electron chi connectivity index (χ1n) is 6.57. The Balaban J connectivity index is 2.12. The Labute approximate surface area is 122 Å². The van der Waals surface area contributed by atoms with Crippen molar-refractivity contribution in [1.82, 2.24) is 10.3 Å². The van der Waals surface area contributed by atoms with Crippen molar-refractivity contribution in [3.05, 3.63) is 65.5 Å². The van der Waals surface area contributed by atoms with Gasteiger partial charge in [0.25, 0.3) is 5.91 Å². The molecule has 2 rings (SSSR count). The third-order valence-corrected chi connectivity index (χ3v) is 3.19. The van der Waals surface area contributed by atoms with E-state index in [0.29, 0.717) is 0 Å². The van der Waals surface area contributed by atoms with Gasteiger partial charge in [0.2, 0.25) is 0 Å². The highest BCUT2D eigenvalue weighted by Crippen LogP contribution is 2.10. The van der Waals surface area contributed by atoms with Crippen LogP contribution in [0.5, 0.6) is 0 Å². The summed E-state index contributed by atoms with van der Waals surface area (Å²) in [5, 5.41) is 11.8. The van der Waals surface area contributed by atoms with Crippen LogP contribution in [0.3, 0.4) is 0 Å². The van der Waals surface area contributed by atoms with Gasteiger partial charge < -0.3 is 10.4 Å². The van der Waals surface area contributed by atoms with E-state index in [0.717, 1.165) is 11.1 Å². The summed E-state index contributed by atoms with van der Waals surface area (Å²) in [6, 6.07) is 11.4. The van der Waals surface area contributed by atoms with Crippen LogP contribution in [0.25, 0.3) is 0 Å². The van der Waals surface area contributed by atoms with E-state index in [2.05, 4.69) is 10.3 Å². The Morgan fingerprint density at radius 1 is 1.19 bits per heavy atom. The van der Waals surface area contributed by atoms with Crippen molar-refractivity contribution in [2.24, 2.45) is 0 Å². The summed E-state index contributed by atoms with van der Waals surface area (Å²) in [5.74, 6) is -1.56. The van der Waals surface area contributed by atoms with Crippen molar-refractivity contribution in [1.29, 1.82) is 0 Å². The second-order valence-electron chi connectivity index (χ2n) is 4.71. The van der Waals surface area contributed by atoms with Gasteiger partial charge in [-0.2, -0.15) is 0 Å². The van der Waals surface area contributed by atoms with E-state index in [1.807, 2.05) is 31.2 Å². The van der Waals surface area contributed by atoms with Crippen LogP contribution in [0.2, 0.25) is 0 Å². The van der Waals surface area contributed by atoms with Gasteiger partial charge in [-0.1, -0.05) is 30.3 Å². The molecule has 1 aromatic heterocycles. The molecule has 21 heavy (non-hydrogen) atoms. The number of nitrogens with one attached hydrogen (secondary N) is 1. The number of carbonyl (C=O) groups is 2. The van der Waals surface area contributed by atoms with Crippen molar-refractivity contribution in [2.45, 2.75) is 19.4 Å². The van der Waals surface area contributed by atoms with Gasteiger partial charge in [-0.05, 0) is 30.2 Å². The minimum Gasteiger partial charge on any atom is -0.480 e. The Kier molecular flexibility index (Phi) is 4.66. The second kappa shape index (κ2) is 6.65. The molecule has 0 aliphatic heterocycles. The van der Waals surface area contributed by atoms with Gasteiger partial charge >= 0.3 is 5.97 Å². The van der Waals surface area contributed by atoms with Gasteiger partial charge in [-0.15, -0.1) is 0 Å². The Morgan fingerprint density at radius 3 is 2.52 bits per heavy atom. The Hall–Kier alpha value is -2.69. The van der Waals surface area contributed by atoms with Crippen molar-refractivity contribution in [2.75, 3.05) is 0 Å². The molecule has 0 aliphatic rings. The molecule has 0 bridgehead atoms. The number of hydrogen-bond donors (Lipinski definition) is 2. The lowest BCUT2D eigenvalue weighted by Crippen LogP contribution is -2.42. The largest absolute Gasteiger partial charge is 0.480 e. The van der Waals surface area contributed by atoms with Crippen LogP contribution in [-0.2, 0) is 11.2 Å². The summed E-state index contributed by atoms with van der Waals surface area (Å²) in [5.41, 5.74) is 2.09. The maximum absolute atomic E-state index is 12.0. The van der Waals surface area contributed by atoms with E-state index in [-0.39, 0.29) is 12.1 Å². The number of aryl methyl sites for hydroxylation is 1. The highest BCUT2D eigenvalue weighted by atomic mass is 16.4. The van der Waals surface area contributed by atoms with Gasteiger partial charge in [0.15, 0.2) is 0 Å². The quantitative estimate of drug-likeness (QED) is 0.877. The van der Waals surface area contributed by atoms with Crippen LogP contribution < -0.4 is 5.32 Å². The molecule has 1 atom stereocenters. The summed E-state index contributed by atoms with van der Waals surface area (Å²) >= 11 is 0. The maximum Gasteiger partial charge on any atom is 0.326 e. The Morgan fingerprint density at radius 2 is 1.90 bits per heavy atom. The van der Waals surface area contributed by atoms with E-state index in [9.17, 15) is 14.7 Å². The lowest BCUT2D eigenvalue weighted by molar-refractivity contribution is -0.139. The summed E-state index contributed by atoms with van der Waals surface area (Å²) in [7, 11) is 0. The number of aliphatic carboxylic acids is 1. The molecular formula is C16H16N2O3. The monoisotopic (exact) mass is 284 g/mol. The minimum absolute atomic E-state index is 0.202. The number of carboxylic acids is 1. The molecule has 0 aliphatic carbocycles. The molecule has 0 radical (unpaired) electrons. The molecule has 5 heteroatoms. The number of carbonyl (C=O) groups excluding carboxylic acids is 1. The SMILES string of the molecule is Cc1ccccc1C[C@@H](NC(=O)c1ccccn1)C(=O)O. The van der Waals surface area contributed by atoms with Gasteiger partial charge in [0, 0.05) is 12.6 Å². The molecular weight excluding hydrogens is 268 g/mol. The van der Waals surface area contributed by atoms with Gasteiger partial charge in [0.1, 0.15) is 11.7 Å². The molecule has 2 N–H and O–H groups in total. The second-order valence-corrected chi connectivity index (χ2v) is 4.71. The van der Waals surface area contributed by atoms with Crippen molar-refractivity contribution >= 4 is 11.9 Å². The van der Waals surface area contributed by atoms with Crippen LogP contribution >= 0.6 is 0 Å². The zero-order chi connectivity index (χ0) is 15.2. The van der Waals surface area contributed by atoms with Gasteiger partial charge in [0.05, 0.1) is 0 Å². The van der Waals surface area contributed by atoms with Crippen molar-refractivity contribution < 1.29 is 14.7 Å². The van der Waals surface area contributed by atoms with E-state index >= 15 is 0 Å². The van der Waals surface area contributed by atoms with Crippen LogP contribution in [0.4, 0.5) is 0 Å². The molecule has 0 saturated heterocycles. The number of pyridine rings is 1. The predicted molar refractivity (Wildman–Crippen MR) is 78.0 cm³/mol. The first-order valence-corrected chi connectivity index (χ1v) is 6.57. The molecule has 0 saturated carbocycles. The van der Waals surface area contributed by atoms with E-state index in [4.69, 9.17) is 0 Å². The highest BCUT2D eigenvalue weighted by molar-refractivity contribution is 5.94. The third kappa shape index (κ3) is 3.89. The molecule has 1 amide bonds. The number of hydrogen-bond acceptors (Lipinski definition) is 3. The zero-order valence-corrected chi connectivity index (χ0v) is 11.6. The summed E-state index contributed by atoms with van der Waals surface area (Å²) < 4.78 is 0. The third-order valence-electron chi connectivity index (χ3n) is 3.19. The molecule has 1 heterocycles. The van der Waals surface area contributed by atoms with E-state index < -0.39 is 17.9 Å². The maximum atomic E-state index is 12.0. The normalized spacial score (nSPS) is 11.7. The van der Waals surface area contributed by atoms with Crippen LogP contribution in [0.15, 0.2) is 48.7 Å². The van der Waals surface area contributed by atoms with E-state index in [1.54, 1.807) is 18.2 Å². The molecule has 5 nitrogen and oxygen atoms in total. The summed E-state index contributed by atoms with van der Waals surface area (Å²) in [4.78, 5) is 27.3. The van der Waals surface area contributed by atoms with Crippen molar-refractivity contribution in [3.63, 3.8) is 0 Å². The fourth-order valence-electron chi connectivity index (χ4n) is 1.99. The first kappa shape index (κ1) is 14.7. The summed E-state index contributed by atoms with van der Waals surface area (Å²) in [6.07, 6.45) is 1.73. The van der Waals surface area contributed by atoms with E-state index in [1.165, 1.54) is 6.20 Å². The number of aromatic nitrogens is 1. The standard InChI is InChI=1S/C16H16N2O3/c1-11-6-2-3-7-12(11)10-14(16(20)21)18-15(19)13-8-4-5-9-17-13/h2-9,14H,10H2,1H3,(H,18,19)(H,20,21)/t14-/m1/s1. The molecule has 108 valence electrons. The lowest BCUT2D eigenvalue weighted by atomic mass is 10.0. The Bertz CT molecular complexity index is 641. The average Bonchev–Trinajstić information content (AvgIpc) is 2.49. The highest BCUT2D eigenvalue weighted by Gasteiger charge is 2.22. The number of carboxylic acid groups (broad SMARTS) is 1. The molecule has 0 unspecified atom stereocenters. The van der Waals surface area contributed by atoms with Crippen LogP contribution in [0.1, 0.15) is 21.6 Å². The van der Waals surface area contributed by atoms with Crippen LogP contribution in [-0.4, -0.2) is 28.0 Å². The summed E-state index contributed by atoms with van der Waals surface area (Å²) in [6.45, 7) is 1.91. The lowest BCUT2D eigenvalue weighted by Gasteiger charge is -2.15. The topological polar surface area (TPSA) is 79.3 Å². The predicted octanol–water partition coefficient (Wildman–Crippen LogP) is 1.82. The smallest absolute Gasteiger partial charge is 0.326 e. The van der Waals surface area contributed by atoms with Crippen LogP contribution in [0, 0.1) is 6.92 Å².